The number of aromatic nitrogens is 1. The number of carbonyl (C=O) groups is 1. The van der Waals surface area contributed by atoms with E-state index >= 15 is 0 Å². The molecular formula is C22H22FNO2. The van der Waals surface area contributed by atoms with Gasteiger partial charge in [0.1, 0.15) is 5.82 Å². The van der Waals surface area contributed by atoms with Crippen LogP contribution in [0.4, 0.5) is 4.39 Å². The minimum absolute atomic E-state index is 0.233. The third-order valence-electron chi connectivity index (χ3n) is 5.54. The molecule has 3 nitrogen and oxygen atoms in total. The lowest BCUT2D eigenvalue weighted by atomic mass is 9.92. The van der Waals surface area contributed by atoms with E-state index in [1.807, 2.05) is 37.4 Å². The Hall–Kier alpha value is -2.62. The first-order valence-electron chi connectivity index (χ1n) is 9.06. The summed E-state index contributed by atoms with van der Waals surface area (Å²) in [5, 5.41) is 1.17. The van der Waals surface area contributed by atoms with Gasteiger partial charge < -0.3 is 9.30 Å². The van der Waals surface area contributed by atoms with Gasteiger partial charge >= 0.3 is 5.97 Å². The molecule has 2 aromatic carbocycles. The highest BCUT2D eigenvalue weighted by atomic mass is 19.1. The van der Waals surface area contributed by atoms with E-state index in [2.05, 4.69) is 4.57 Å². The van der Waals surface area contributed by atoms with Gasteiger partial charge in [0.25, 0.3) is 0 Å². The van der Waals surface area contributed by atoms with E-state index in [1.165, 1.54) is 55.9 Å². The second-order valence-electron chi connectivity index (χ2n) is 7.03. The fraction of sp³-hybridized carbons (Fsp3) is 0.318. The predicted octanol–water partition coefficient (Wildman–Crippen LogP) is 5.43. The smallest absolute Gasteiger partial charge is 0.337 e. The van der Waals surface area contributed by atoms with Crippen LogP contribution in [0.2, 0.25) is 0 Å². The number of halogens is 1. The van der Waals surface area contributed by atoms with Crippen molar-refractivity contribution < 1.29 is 13.9 Å². The quantitative estimate of drug-likeness (QED) is 0.589. The molecule has 0 bridgehead atoms. The second kappa shape index (κ2) is 6.60. The molecule has 1 fully saturated rings. The SMILES string of the molecule is COC(=O)c1ccc2c(C3CCCC3)c(-c3ccc(F)cc3)n(C)c2c1. The Morgan fingerprint density at radius 1 is 1.12 bits per heavy atom. The van der Waals surface area contributed by atoms with Crippen LogP contribution in [0.25, 0.3) is 22.2 Å². The van der Waals surface area contributed by atoms with Gasteiger partial charge in [0.15, 0.2) is 0 Å². The summed E-state index contributed by atoms with van der Waals surface area (Å²) in [5.74, 6) is -0.0653. The minimum Gasteiger partial charge on any atom is -0.465 e. The number of nitrogens with zero attached hydrogens (tertiary/aromatic N) is 1. The first kappa shape index (κ1) is 16.8. The number of fused-ring (bicyclic) bond motifs is 1. The number of methoxy groups -OCH3 is 1. The average molecular weight is 351 g/mol. The van der Waals surface area contributed by atoms with Gasteiger partial charge in [-0.2, -0.15) is 0 Å². The molecule has 0 N–H and O–H groups in total. The van der Waals surface area contributed by atoms with Crippen molar-refractivity contribution in [2.75, 3.05) is 7.11 Å². The highest BCUT2D eigenvalue weighted by molar-refractivity contribution is 5.98. The minimum atomic E-state index is -0.334. The summed E-state index contributed by atoms with van der Waals surface area (Å²) in [6.07, 6.45) is 4.83. The molecule has 1 aromatic heterocycles. The number of aryl methyl sites for hydroxylation is 1. The highest BCUT2D eigenvalue weighted by Crippen LogP contribution is 2.44. The maximum Gasteiger partial charge on any atom is 0.337 e. The largest absolute Gasteiger partial charge is 0.465 e. The molecule has 0 saturated heterocycles. The number of esters is 1. The lowest BCUT2D eigenvalue weighted by molar-refractivity contribution is 0.0601. The lowest BCUT2D eigenvalue weighted by Crippen LogP contribution is -2.01. The summed E-state index contributed by atoms with van der Waals surface area (Å²) in [6, 6.07) is 12.4. The Labute approximate surface area is 152 Å². The monoisotopic (exact) mass is 351 g/mol. The Bertz CT molecular complexity index is 966. The van der Waals surface area contributed by atoms with E-state index in [-0.39, 0.29) is 11.8 Å². The van der Waals surface area contributed by atoms with Crippen molar-refractivity contribution in [3.05, 3.63) is 59.4 Å². The molecule has 4 rings (SSSR count). The van der Waals surface area contributed by atoms with Gasteiger partial charge in [-0.3, -0.25) is 0 Å². The average Bonchev–Trinajstić information content (AvgIpc) is 3.28. The summed E-state index contributed by atoms with van der Waals surface area (Å²) < 4.78 is 20.4. The number of hydrogen-bond acceptors (Lipinski definition) is 2. The summed E-state index contributed by atoms with van der Waals surface area (Å²) in [5.41, 5.74) is 5.00. The second-order valence-corrected chi connectivity index (χ2v) is 7.03. The van der Waals surface area contributed by atoms with E-state index in [0.717, 1.165) is 16.8 Å². The molecule has 3 aromatic rings. The predicted molar refractivity (Wildman–Crippen MR) is 101 cm³/mol. The Kier molecular flexibility index (Phi) is 4.27. The zero-order valence-electron chi connectivity index (χ0n) is 15.1. The van der Waals surface area contributed by atoms with Crippen LogP contribution in [-0.2, 0) is 11.8 Å². The molecule has 0 radical (unpaired) electrons. The zero-order valence-corrected chi connectivity index (χ0v) is 15.1. The maximum atomic E-state index is 13.4. The van der Waals surface area contributed by atoms with E-state index in [0.29, 0.717) is 11.5 Å². The fourth-order valence-corrected chi connectivity index (χ4v) is 4.30. The molecule has 1 aliphatic carbocycles. The molecular weight excluding hydrogens is 329 g/mol. The molecule has 0 amide bonds. The van der Waals surface area contributed by atoms with Crippen molar-refractivity contribution >= 4 is 16.9 Å². The lowest BCUT2D eigenvalue weighted by Gasteiger charge is -2.13. The van der Waals surface area contributed by atoms with Gasteiger partial charge in [-0.25, -0.2) is 9.18 Å². The van der Waals surface area contributed by atoms with Gasteiger partial charge in [-0.15, -0.1) is 0 Å². The van der Waals surface area contributed by atoms with Crippen LogP contribution in [0.5, 0.6) is 0 Å². The van der Waals surface area contributed by atoms with Crippen LogP contribution >= 0.6 is 0 Å². The number of ether oxygens (including phenoxy) is 1. The van der Waals surface area contributed by atoms with Crippen molar-refractivity contribution in [3.8, 4) is 11.3 Å². The first-order chi connectivity index (χ1) is 12.6. The third-order valence-corrected chi connectivity index (χ3v) is 5.54. The molecule has 0 unspecified atom stereocenters. The topological polar surface area (TPSA) is 31.2 Å². The van der Waals surface area contributed by atoms with Gasteiger partial charge in [-0.05, 0) is 66.3 Å². The molecule has 1 aliphatic rings. The van der Waals surface area contributed by atoms with E-state index in [1.54, 1.807) is 0 Å². The Morgan fingerprint density at radius 3 is 2.46 bits per heavy atom. The number of hydrogen-bond donors (Lipinski definition) is 0. The third kappa shape index (κ3) is 2.70. The Morgan fingerprint density at radius 2 is 1.81 bits per heavy atom. The summed E-state index contributed by atoms with van der Waals surface area (Å²) in [4.78, 5) is 12.0. The summed E-state index contributed by atoms with van der Waals surface area (Å²) in [7, 11) is 3.41. The van der Waals surface area contributed by atoms with Crippen molar-refractivity contribution in [2.24, 2.45) is 7.05 Å². The van der Waals surface area contributed by atoms with Crippen molar-refractivity contribution in [1.29, 1.82) is 0 Å². The van der Waals surface area contributed by atoms with Crippen LogP contribution in [0.3, 0.4) is 0 Å². The number of benzene rings is 2. The van der Waals surface area contributed by atoms with Gasteiger partial charge in [0.2, 0.25) is 0 Å². The highest BCUT2D eigenvalue weighted by Gasteiger charge is 2.26. The molecule has 1 heterocycles. The summed E-state index contributed by atoms with van der Waals surface area (Å²) >= 11 is 0. The number of rotatable bonds is 3. The van der Waals surface area contributed by atoms with E-state index < -0.39 is 0 Å². The standard InChI is InChI=1S/C22H22FNO2/c1-24-19-13-16(22(25)26-2)9-12-18(19)20(14-5-3-4-6-14)21(24)15-7-10-17(23)11-8-15/h7-14H,3-6H2,1-2H3. The van der Waals surface area contributed by atoms with Gasteiger partial charge in [-0.1, -0.05) is 18.9 Å². The first-order valence-corrected chi connectivity index (χ1v) is 9.06. The maximum absolute atomic E-state index is 13.4. The van der Waals surface area contributed by atoms with Crippen LogP contribution in [0.15, 0.2) is 42.5 Å². The van der Waals surface area contributed by atoms with E-state index in [4.69, 9.17) is 4.74 Å². The van der Waals surface area contributed by atoms with Crippen molar-refractivity contribution in [3.63, 3.8) is 0 Å². The number of carbonyl (C=O) groups excluding carboxylic acids is 1. The van der Waals surface area contributed by atoms with Crippen LogP contribution in [-0.4, -0.2) is 17.6 Å². The molecule has 26 heavy (non-hydrogen) atoms. The summed E-state index contributed by atoms with van der Waals surface area (Å²) in [6.45, 7) is 0. The molecule has 0 aliphatic heterocycles. The Balaban J connectivity index is 1.98. The zero-order chi connectivity index (χ0) is 18.3. The molecule has 0 atom stereocenters. The van der Waals surface area contributed by atoms with Crippen molar-refractivity contribution in [2.45, 2.75) is 31.6 Å². The van der Waals surface area contributed by atoms with Gasteiger partial charge in [0.05, 0.1) is 18.4 Å². The van der Waals surface area contributed by atoms with Crippen LogP contribution in [0, 0.1) is 5.82 Å². The molecule has 4 heteroatoms. The molecule has 1 saturated carbocycles. The fourth-order valence-electron chi connectivity index (χ4n) is 4.30. The van der Waals surface area contributed by atoms with Crippen LogP contribution < -0.4 is 0 Å². The molecule has 0 spiro atoms. The molecule has 134 valence electrons. The van der Waals surface area contributed by atoms with E-state index in [9.17, 15) is 9.18 Å². The van der Waals surface area contributed by atoms with Crippen LogP contribution in [0.1, 0.15) is 47.5 Å². The normalized spacial score (nSPS) is 14.9. The van der Waals surface area contributed by atoms with Gasteiger partial charge in [0, 0.05) is 18.0 Å². The van der Waals surface area contributed by atoms with Crippen molar-refractivity contribution in [1.82, 2.24) is 4.57 Å².